The smallest absolute Gasteiger partial charge is 0.351 e. The van der Waals surface area contributed by atoms with E-state index in [2.05, 4.69) is 35.3 Å². The van der Waals surface area contributed by atoms with Gasteiger partial charge >= 0.3 is 5.97 Å². The molecule has 2 aromatic heterocycles. The zero-order valence-corrected chi connectivity index (χ0v) is 7.91. The summed E-state index contributed by atoms with van der Waals surface area (Å²) < 4.78 is 4.36. The third-order valence-corrected chi connectivity index (χ3v) is 1.89. The fourth-order valence-corrected chi connectivity index (χ4v) is 1.17. The van der Waals surface area contributed by atoms with Crippen molar-refractivity contribution in [1.29, 1.82) is 0 Å². The molecule has 5 nitrogen and oxygen atoms in total. The summed E-state index contributed by atoms with van der Waals surface area (Å²) in [4.78, 5) is 15.0. The van der Waals surface area contributed by atoms with E-state index in [1.807, 2.05) is 0 Å². The van der Waals surface area contributed by atoms with Gasteiger partial charge in [-0.25, -0.2) is 4.79 Å². The number of aromatic amines is 1. The number of hydrogen-bond donors (Lipinski definition) is 1. The van der Waals surface area contributed by atoms with Crippen LogP contribution < -0.4 is 0 Å². The van der Waals surface area contributed by atoms with E-state index >= 15 is 0 Å². The number of rotatable bonds is 1. The normalized spacial score (nSPS) is 10.2. The fourth-order valence-electron chi connectivity index (χ4n) is 0.987. The van der Waals surface area contributed by atoms with Crippen molar-refractivity contribution >= 4 is 33.3 Å². The van der Waals surface area contributed by atoms with E-state index in [-0.39, 0.29) is 0 Å². The Labute approximate surface area is 81.6 Å². The molecule has 0 unspecified atom stereocenters. The molecule has 13 heavy (non-hydrogen) atoms. The van der Waals surface area contributed by atoms with E-state index in [1.165, 1.54) is 6.20 Å². The maximum atomic E-state index is 11.0. The van der Waals surface area contributed by atoms with Crippen molar-refractivity contribution in [3.8, 4) is 0 Å². The highest BCUT2D eigenvalue weighted by Crippen LogP contribution is 2.10. The first-order valence-corrected chi connectivity index (χ1v) is 4.08. The Balaban J connectivity index is 2.54. The molecule has 0 bridgehead atoms. The maximum Gasteiger partial charge on any atom is 0.351 e. The number of carbonyl (C=O) groups is 1. The predicted molar refractivity (Wildman–Crippen MR) is 48.2 cm³/mol. The average Bonchev–Trinajstić information content (AvgIpc) is 2.63. The van der Waals surface area contributed by atoms with Crippen molar-refractivity contribution in [2.24, 2.45) is 0 Å². The number of hydrogen-bond acceptors (Lipinski definition) is 4. The van der Waals surface area contributed by atoms with Gasteiger partial charge in [0.1, 0.15) is 5.52 Å². The van der Waals surface area contributed by atoms with Gasteiger partial charge in [0.15, 0.2) is 16.3 Å². The lowest BCUT2D eigenvalue weighted by molar-refractivity contribution is 0.0781. The molecule has 0 aliphatic carbocycles. The zero-order chi connectivity index (χ0) is 9.26. The fraction of sp³-hybridized carbons (Fsp3) is 0. The summed E-state index contributed by atoms with van der Waals surface area (Å²) in [6.45, 7) is 0. The standard InChI is InChI=1S/C7H4BrN3O2/c8-13-7(12)4-1-5-6(9-2-4)3-10-11-5/h1-3H,(H,10,11). The quantitative estimate of drug-likeness (QED) is 0.821. The van der Waals surface area contributed by atoms with Gasteiger partial charge in [0.25, 0.3) is 0 Å². The number of nitrogens with one attached hydrogen (secondary N) is 1. The Morgan fingerprint density at radius 2 is 2.38 bits per heavy atom. The van der Waals surface area contributed by atoms with Gasteiger partial charge in [0.2, 0.25) is 0 Å². The van der Waals surface area contributed by atoms with Gasteiger partial charge in [0, 0.05) is 6.20 Å². The molecule has 0 spiro atoms. The van der Waals surface area contributed by atoms with Crippen LogP contribution in [-0.2, 0) is 3.83 Å². The molecule has 0 amide bonds. The third-order valence-electron chi connectivity index (χ3n) is 1.60. The Morgan fingerprint density at radius 1 is 1.54 bits per heavy atom. The number of fused-ring (bicyclic) bond motifs is 1. The lowest BCUT2D eigenvalue weighted by atomic mass is 10.2. The second-order valence-electron chi connectivity index (χ2n) is 2.39. The minimum Gasteiger partial charge on any atom is -0.380 e. The van der Waals surface area contributed by atoms with E-state index in [0.29, 0.717) is 16.6 Å². The van der Waals surface area contributed by atoms with Crippen molar-refractivity contribution in [2.45, 2.75) is 0 Å². The minimum absolute atomic E-state index is 0.369. The summed E-state index contributed by atoms with van der Waals surface area (Å²) in [5.41, 5.74) is 1.79. The van der Waals surface area contributed by atoms with Crippen LogP contribution in [0.25, 0.3) is 11.0 Å². The molecule has 66 valence electrons. The molecule has 0 atom stereocenters. The van der Waals surface area contributed by atoms with Crippen molar-refractivity contribution in [3.05, 3.63) is 24.0 Å². The first kappa shape index (κ1) is 8.18. The monoisotopic (exact) mass is 241 g/mol. The van der Waals surface area contributed by atoms with E-state index in [1.54, 1.807) is 12.3 Å². The molecule has 0 aliphatic heterocycles. The Bertz CT molecular complexity index is 454. The summed E-state index contributed by atoms with van der Waals surface area (Å²) in [7, 11) is 0. The van der Waals surface area contributed by atoms with Crippen molar-refractivity contribution in [3.63, 3.8) is 0 Å². The van der Waals surface area contributed by atoms with E-state index < -0.39 is 5.97 Å². The lowest BCUT2D eigenvalue weighted by Gasteiger charge is -1.94. The van der Waals surface area contributed by atoms with Gasteiger partial charge in [-0.3, -0.25) is 10.1 Å². The second-order valence-corrected chi connectivity index (χ2v) is 2.72. The van der Waals surface area contributed by atoms with Crippen LogP contribution >= 0.6 is 16.3 Å². The molecule has 2 aromatic rings. The molecule has 1 N–H and O–H groups in total. The van der Waals surface area contributed by atoms with Crippen molar-refractivity contribution < 1.29 is 8.62 Å². The molecule has 0 saturated heterocycles. The first-order chi connectivity index (χ1) is 6.31. The summed E-state index contributed by atoms with van der Waals surface area (Å²) in [6, 6.07) is 1.62. The maximum absolute atomic E-state index is 11.0. The van der Waals surface area contributed by atoms with Crippen LogP contribution in [0, 0.1) is 0 Å². The summed E-state index contributed by atoms with van der Waals surface area (Å²) in [5.74, 6) is -0.482. The molecule has 0 saturated carbocycles. The molecule has 2 heterocycles. The summed E-state index contributed by atoms with van der Waals surface area (Å²) in [6.07, 6.45) is 3.01. The van der Waals surface area contributed by atoms with Gasteiger partial charge in [-0.2, -0.15) is 5.10 Å². The van der Waals surface area contributed by atoms with Crippen molar-refractivity contribution in [1.82, 2.24) is 15.2 Å². The highest BCUT2D eigenvalue weighted by Gasteiger charge is 2.07. The molecule has 6 heteroatoms. The number of H-pyrrole nitrogens is 1. The molecule has 2 rings (SSSR count). The van der Waals surface area contributed by atoms with Crippen LogP contribution in [-0.4, -0.2) is 21.2 Å². The number of nitrogens with zero attached hydrogens (tertiary/aromatic N) is 2. The molecular weight excluding hydrogens is 238 g/mol. The largest absolute Gasteiger partial charge is 0.380 e. The lowest BCUT2D eigenvalue weighted by Crippen LogP contribution is -1.97. The minimum atomic E-state index is -0.482. The molecule has 0 aromatic carbocycles. The summed E-state index contributed by atoms with van der Waals surface area (Å²) >= 11 is 2.60. The Hall–Kier alpha value is -1.43. The van der Waals surface area contributed by atoms with Crippen LogP contribution in [0.3, 0.4) is 0 Å². The van der Waals surface area contributed by atoms with Crippen LogP contribution in [0.15, 0.2) is 18.5 Å². The summed E-state index contributed by atoms with van der Waals surface area (Å²) in [5, 5.41) is 6.48. The number of pyridine rings is 1. The highest BCUT2D eigenvalue weighted by molar-refractivity contribution is 9.06. The van der Waals surface area contributed by atoms with Gasteiger partial charge in [-0.1, -0.05) is 0 Å². The third kappa shape index (κ3) is 1.40. The molecule has 0 aliphatic rings. The van der Waals surface area contributed by atoms with Crippen LogP contribution in [0.5, 0.6) is 0 Å². The van der Waals surface area contributed by atoms with Gasteiger partial charge in [-0.15, -0.1) is 0 Å². The van der Waals surface area contributed by atoms with E-state index in [4.69, 9.17) is 0 Å². The average molecular weight is 242 g/mol. The number of carbonyl (C=O) groups excluding carboxylic acids is 1. The van der Waals surface area contributed by atoms with E-state index in [9.17, 15) is 4.79 Å². The SMILES string of the molecule is O=C(OBr)c1cnc2cn[nH]c2c1. The molecule has 0 radical (unpaired) electrons. The molecule has 0 fully saturated rings. The van der Waals surface area contributed by atoms with Gasteiger partial charge < -0.3 is 3.83 Å². The number of halogens is 1. The number of aromatic nitrogens is 3. The second kappa shape index (κ2) is 3.14. The highest BCUT2D eigenvalue weighted by atomic mass is 79.9. The van der Waals surface area contributed by atoms with Crippen molar-refractivity contribution in [2.75, 3.05) is 0 Å². The first-order valence-electron chi connectivity index (χ1n) is 3.43. The van der Waals surface area contributed by atoms with Gasteiger partial charge in [0.05, 0.1) is 17.3 Å². The predicted octanol–water partition coefficient (Wildman–Crippen LogP) is 1.42. The van der Waals surface area contributed by atoms with Gasteiger partial charge in [-0.05, 0) is 6.07 Å². The van der Waals surface area contributed by atoms with Crippen LogP contribution in [0.2, 0.25) is 0 Å². The van der Waals surface area contributed by atoms with Crippen LogP contribution in [0.1, 0.15) is 10.4 Å². The van der Waals surface area contributed by atoms with Crippen LogP contribution in [0.4, 0.5) is 0 Å². The Kier molecular flexibility index (Phi) is 1.97. The Morgan fingerprint density at radius 3 is 3.15 bits per heavy atom. The zero-order valence-electron chi connectivity index (χ0n) is 6.32. The molecular formula is C7H4BrN3O2. The topological polar surface area (TPSA) is 67.9 Å². The van der Waals surface area contributed by atoms with E-state index in [0.717, 1.165) is 0 Å².